The summed E-state index contributed by atoms with van der Waals surface area (Å²) < 4.78 is 0. The van der Waals surface area contributed by atoms with E-state index in [1.807, 2.05) is 12.1 Å². The van der Waals surface area contributed by atoms with Gasteiger partial charge in [0.25, 0.3) is 5.91 Å². The minimum Gasteiger partial charge on any atom is -0.366 e. The number of aliphatic imine (C=N–C) groups is 1. The van der Waals surface area contributed by atoms with Crippen molar-refractivity contribution in [3.05, 3.63) is 47.5 Å². The Hall–Kier alpha value is -2.49. The second-order valence-corrected chi connectivity index (χ2v) is 3.54. The lowest BCUT2D eigenvalue weighted by Gasteiger charge is -2.07. The maximum atomic E-state index is 11.7. The van der Waals surface area contributed by atoms with Crippen molar-refractivity contribution in [2.24, 2.45) is 10.7 Å². The first-order chi connectivity index (χ1) is 8.15. The Balaban J connectivity index is 2.89. The Kier molecular flexibility index (Phi) is 2.70. The maximum Gasteiger partial charge on any atom is 0.277 e. The van der Waals surface area contributed by atoms with Gasteiger partial charge in [-0.05, 0) is 23.6 Å². The van der Waals surface area contributed by atoms with Crippen LogP contribution in [0, 0.1) is 0 Å². The number of carbonyl (C=O) groups excluding carboxylic acids is 2. The fraction of sp³-hybridized carbons (Fsp3) is 0. The minimum atomic E-state index is -0.650. The van der Waals surface area contributed by atoms with Crippen LogP contribution in [0.2, 0.25) is 0 Å². The molecule has 0 saturated heterocycles. The molecule has 4 heteroatoms. The van der Waals surface area contributed by atoms with Crippen molar-refractivity contribution in [3.8, 4) is 0 Å². The Morgan fingerprint density at radius 1 is 1.12 bits per heavy atom. The van der Waals surface area contributed by atoms with E-state index in [1.165, 1.54) is 6.07 Å². The highest BCUT2D eigenvalue weighted by Gasteiger charge is 2.17. The monoisotopic (exact) mass is 226 g/mol. The first-order valence-corrected chi connectivity index (χ1v) is 4.97. The van der Waals surface area contributed by atoms with Crippen molar-refractivity contribution >= 4 is 29.3 Å². The number of hydrogen-bond acceptors (Lipinski definition) is 2. The topological polar surface area (TPSA) is 72.5 Å². The fourth-order valence-electron chi connectivity index (χ4n) is 1.79. The van der Waals surface area contributed by atoms with E-state index >= 15 is 0 Å². The molecule has 0 aliphatic rings. The quantitative estimate of drug-likeness (QED) is 0.792. The fourth-order valence-corrected chi connectivity index (χ4v) is 1.79. The van der Waals surface area contributed by atoms with Gasteiger partial charge < -0.3 is 5.73 Å². The summed E-state index contributed by atoms with van der Waals surface area (Å²) in [7, 11) is 0. The average Bonchev–Trinajstić information content (AvgIpc) is 2.36. The molecule has 0 spiro atoms. The summed E-state index contributed by atoms with van der Waals surface area (Å²) in [6.45, 7) is 3.19. The average molecular weight is 226 g/mol. The third-order valence-corrected chi connectivity index (χ3v) is 2.55. The van der Waals surface area contributed by atoms with Gasteiger partial charge in [0, 0.05) is 0 Å². The molecule has 0 atom stereocenters. The first kappa shape index (κ1) is 11.0. The van der Waals surface area contributed by atoms with Crippen LogP contribution in [0.5, 0.6) is 0 Å². The van der Waals surface area contributed by atoms with Crippen molar-refractivity contribution in [1.82, 2.24) is 0 Å². The standard InChI is InChI=1S/C13H10N2O2/c1-15-13(17)11-9-5-3-2-4-8(9)6-7-10(11)12(14)16/h2-7H,1H2,(H2,14,16). The van der Waals surface area contributed by atoms with Gasteiger partial charge in [-0.15, -0.1) is 0 Å². The summed E-state index contributed by atoms with van der Waals surface area (Å²) in [6, 6.07) is 10.5. The summed E-state index contributed by atoms with van der Waals surface area (Å²) in [5.74, 6) is -1.20. The van der Waals surface area contributed by atoms with Crippen LogP contribution in [-0.4, -0.2) is 18.5 Å². The Morgan fingerprint density at radius 3 is 2.47 bits per heavy atom. The number of primary amides is 1. The number of nitrogens with zero attached hydrogens (tertiary/aromatic N) is 1. The van der Waals surface area contributed by atoms with Crippen molar-refractivity contribution in [2.75, 3.05) is 0 Å². The summed E-state index contributed by atoms with van der Waals surface area (Å²) in [5.41, 5.74) is 5.63. The van der Waals surface area contributed by atoms with Gasteiger partial charge in [-0.3, -0.25) is 9.59 Å². The predicted octanol–water partition coefficient (Wildman–Crippen LogP) is 1.78. The molecule has 0 aromatic heterocycles. The Morgan fingerprint density at radius 2 is 1.82 bits per heavy atom. The zero-order valence-electron chi connectivity index (χ0n) is 9.01. The molecule has 0 unspecified atom stereocenters. The van der Waals surface area contributed by atoms with E-state index in [0.29, 0.717) is 5.39 Å². The normalized spacial score (nSPS) is 10.1. The molecule has 2 amide bonds. The first-order valence-electron chi connectivity index (χ1n) is 4.97. The molecule has 0 fully saturated rings. The van der Waals surface area contributed by atoms with Gasteiger partial charge in [0.15, 0.2) is 0 Å². The van der Waals surface area contributed by atoms with Crippen LogP contribution >= 0.6 is 0 Å². The number of nitrogens with two attached hydrogens (primary N) is 1. The lowest BCUT2D eigenvalue weighted by molar-refractivity contribution is 0.0970. The lowest BCUT2D eigenvalue weighted by atomic mass is 9.98. The highest BCUT2D eigenvalue weighted by Crippen LogP contribution is 2.23. The van der Waals surface area contributed by atoms with Crippen LogP contribution in [0.25, 0.3) is 10.8 Å². The minimum absolute atomic E-state index is 0.168. The molecule has 0 aliphatic heterocycles. The highest BCUT2D eigenvalue weighted by atomic mass is 16.2. The smallest absolute Gasteiger partial charge is 0.277 e. The molecule has 4 nitrogen and oxygen atoms in total. The molecule has 0 bridgehead atoms. The molecule has 2 rings (SSSR count). The molecular weight excluding hydrogens is 216 g/mol. The molecule has 2 aromatic rings. The predicted molar refractivity (Wildman–Crippen MR) is 66.3 cm³/mol. The number of amides is 2. The van der Waals surface area contributed by atoms with E-state index in [0.717, 1.165) is 5.39 Å². The SMILES string of the molecule is C=NC(=O)c1c(C(N)=O)ccc2ccccc12. The Bertz CT molecular complexity index is 632. The van der Waals surface area contributed by atoms with Gasteiger partial charge in [-0.25, -0.2) is 4.99 Å². The number of hydrogen-bond donors (Lipinski definition) is 1. The van der Waals surface area contributed by atoms with Gasteiger partial charge in [0.1, 0.15) is 0 Å². The van der Waals surface area contributed by atoms with Crippen LogP contribution in [0.3, 0.4) is 0 Å². The van der Waals surface area contributed by atoms with Crippen molar-refractivity contribution in [3.63, 3.8) is 0 Å². The van der Waals surface area contributed by atoms with E-state index in [1.54, 1.807) is 18.2 Å². The van der Waals surface area contributed by atoms with Gasteiger partial charge in [-0.2, -0.15) is 0 Å². The molecule has 0 aliphatic carbocycles. The molecule has 2 N–H and O–H groups in total. The number of carbonyl (C=O) groups is 2. The zero-order chi connectivity index (χ0) is 12.4. The molecular formula is C13H10N2O2. The second-order valence-electron chi connectivity index (χ2n) is 3.54. The number of fused-ring (bicyclic) bond motifs is 1. The van der Waals surface area contributed by atoms with Gasteiger partial charge in [0.2, 0.25) is 5.91 Å². The molecule has 0 radical (unpaired) electrons. The van der Waals surface area contributed by atoms with E-state index in [9.17, 15) is 9.59 Å². The highest BCUT2D eigenvalue weighted by molar-refractivity contribution is 6.16. The van der Waals surface area contributed by atoms with Crippen molar-refractivity contribution < 1.29 is 9.59 Å². The molecule has 0 saturated carbocycles. The van der Waals surface area contributed by atoms with Crippen LogP contribution in [0.1, 0.15) is 20.7 Å². The zero-order valence-corrected chi connectivity index (χ0v) is 9.01. The summed E-state index contributed by atoms with van der Waals surface area (Å²) in [5, 5.41) is 1.51. The number of rotatable bonds is 2. The van der Waals surface area contributed by atoms with Crippen molar-refractivity contribution in [2.45, 2.75) is 0 Å². The molecule has 2 aromatic carbocycles. The van der Waals surface area contributed by atoms with E-state index in [2.05, 4.69) is 11.7 Å². The molecule has 17 heavy (non-hydrogen) atoms. The third kappa shape index (κ3) is 1.80. The third-order valence-electron chi connectivity index (χ3n) is 2.55. The van der Waals surface area contributed by atoms with Crippen LogP contribution < -0.4 is 5.73 Å². The summed E-state index contributed by atoms with van der Waals surface area (Å²) in [6.07, 6.45) is 0. The van der Waals surface area contributed by atoms with Crippen LogP contribution in [0.15, 0.2) is 41.4 Å². The van der Waals surface area contributed by atoms with Crippen LogP contribution in [-0.2, 0) is 0 Å². The van der Waals surface area contributed by atoms with Gasteiger partial charge >= 0.3 is 0 Å². The van der Waals surface area contributed by atoms with Gasteiger partial charge in [0.05, 0.1) is 11.1 Å². The van der Waals surface area contributed by atoms with E-state index in [4.69, 9.17) is 5.73 Å². The van der Waals surface area contributed by atoms with Crippen LogP contribution in [0.4, 0.5) is 0 Å². The largest absolute Gasteiger partial charge is 0.366 e. The summed E-state index contributed by atoms with van der Waals surface area (Å²) in [4.78, 5) is 26.4. The lowest BCUT2D eigenvalue weighted by Crippen LogP contribution is -2.16. The van der Waals surface area contributed by atoms with Crippen molar-refractivity contribution in [1.29, 1.82) is 0 Å². The maximum absolute atomic E-state index is 11.7. The second kappa shape index (κ2) is 4.17. The number of benzene rings is 2. The van der Waals surface area contributed by atoms with E-state index in [-0.39, 0.29) is 11.1 Å². The van der Waals surface area contributed by atoms with E-state index < -0.39 is 11.8 Å². The van der Waals surface area contributed by atoms with Gasteiger partial charge in [-0.1, -0.05) is 30.3 Å². The summed E-state index contributed by atoms with van der Waals surface area (Å²) >= 11 is 0. The Labute approximate surface area is 97.8 Å². The molecule has 84 valence electrons. The molecule has 0 heterocycles.